The van der Waals surface area contributed by atoms with E-state index in [1.165, 1.54) is 6.33 Å². The molecule has 0 unspecified atom stereocenters. The van der Waals surface area contributed by atoms with Gasteiger partial charge in [0.2, 0.25) is 0 Å². The lowest BCUT2D eigenvalue weighted by atomic mass is 9.94. The predicted molar refractivity (Wildman–Crippen MR) is 66.2 cm³/mol. The fourth-order valence-electron chi connectivity index (χ4n) is 1.79. The molecule has 16 heavy (non-hydrogen) atoms. The molecule has 0 amide bonds. The van der Waals surface area contributed by atoms with E-state index < -0.39 is 5.60 Å². The van der Waals surface area contributed by atoms with Crippen LogP contribution in [0.1, 0.15) is 19.8 Å². The summed E-state index contributed by atoms with van der Waals surface area (Å²) in [6.07, 6.45) is 2.94. The Bertz CT molecular complexity index is 386. The Morgan fingerprint density at radius 3 is 2.69 bits per heavy atom. The van der Waals surface area contributed by atoms with Gasteiger partial charge in [-0.05, 0) is 35.7 Å². The molecule has 0 aromatic carbocycles. The van der Waals surface area contributed by atoms with Gasteiger partial charge in [0.1, 0.15) is 22.4 Å². The van der Waals surface area contributed by atoms with Crippen LogP contribution >= 0.6 is 15.9 Å². The molecule has 6 heteroatoms. The van der Waals surface area contributed by atoms with Gasteiger partial charge in [-0.1, -0.05) is 0 Å². The van der Waals surface area contributed by atoms with E-state index in [-0.39, 0.29) is 0 Å². The molecule has 1 fully saturated rings. The molecule has 3 N–H and O–H groups in total. The zero-order valence-electron chi connectivity index (χ0n) is 9.15. The van der Waals surface area contributed by atoms with Gasteiger partial charge >= 0.3 is 0 Å². The fourth-order valence-corrected chi connectivity index (χ4v) is 2.25. The molecule has 2 heterocycles. The van der Waals surface area contributed by atoms with Crippen molar-refractivity contribution in [3.05, 3.63) is 10.8 Å². The van der Waals surface area contributed by atoms with Gasteiger partial charge in [-0.3, -0.25) is 0 Å². The van der Waals surface area contributed by atoms with E-state index in [1.807, 2.05) is 6.92 Å². The summed E-state index contributed by atoms with van der Waals surface area (Å²) in [5.74, 6) is 1.25. The third-order valence-electron chi connectivity index (χ3n) is 2.94. The van der Waals surface area contributed by atoms with Crippen molar-refractivity contribution in [2.24, 2.45) is 0 Å². The van der Waals surface area contributed by atoms with Crippen LogP contribution in [0.2, 0.25) is 0 Å². The summed E-state index contributed by atoms with van der Waals surface area (Å²) in [6, 6.07) is 0. The van der Waals surface area contributed by atoms with Crippen molar-refractivity contribution in [2.45, 2.75) is 25.4 Å². The molecule has 0 bridgehead atoms. The van der Waals surface area contributed by atoms with Gasteiger partial charge in [0.25, 0.3) is 0 Å². The average molecular weight is 287 g/mol. The van der Waals surface area contributed by atoms with Gasteiger partial charge < -0.3 is 15.7 Å². The summed E-state index contributed by atoms with van der Waals surface area (Å²) in [5, 5.41) is 9.87. The van der Waals surface area contributed by atoms with Crippen molar-refractivity contribution >= 4 is 27.6 Å². The summed E-state index contributed by atoms with van der Waals surface area (Å²) < 4.78 is 0.733. The number of halogens is 1. The third kappa shape index (κ3) is 2.27. The van der Waals surface area contributed by atoms with Crippen LogP contribution < -0.4 is 10.6 Å². The maximum absolute atomic E-state index is 9.87. The number of aromatic nitrogens is 2. The van der Waals surface area contributed by atoms with Crippen LogP contribution in [0.25, 0.3) is 0 Å². The average Bonchev–Trinajstić information content (AvgIpc) is 2.23. The van der Waals surface area contributed by atoms with Gasteiger partial charge in [0, 0.05) is 13.1 Å². The highest BCUT2D eigenvalue weighted by Gasteiger charge is 2.28. The number of hydrogen-bond donors (Lipinski definition) is 2. The van der Waals surface area contributed by atoms with Crippen LogP contribution in [-0.4, -0.2) is 33.8 Å². The molecule has 1 aliphatic heterocycles. The largest absolute Gasteiger partial charge is 0.390 e. The number of rotatable bonds is 1. The first kappa shape index (κ1) is 11.6. The molecular weight excluding hydrogens is 272 g/mol. The Morgan fingerprint density at radius 2 is 2.06 bits per heavy atom. The molecule has 1 aliphatic rings. The van der Waals surface area contributed by atoms with Crippen LogP contribution in [0.5, 0.6) is 0 Å². The lowest BCUT2D eigenvalue weighted by Crippen LogP contribution is -2.43. The summed E-state index contributed by atoms with van der Waals surface area (Å²) >= 11 is 3.39. The Labute approximate surface area is 103 Å². The molecule has 1 saturated heterocycles. The van der Waals surface area contributed by atoms with Crippen LogP contribution in [0.3, 0.4) is 0 Å². The quantitative estimate of drug-likeness (QED) is 0.811. The molecule has 0 atom stereocenters. The number of aliphatic hydroxyl groups is 1. The molecule has 0 aliphatic carbocycles. The van der Waals surface area contributed by atoms with Gasteiger partial charge in [-0.2, -0.15) is 0 Å². The minimum absolute atomic E-state index is 0.447. The van der Waals surface area contributed by atoms with E-state index in [9.17, 15) is 5.11 Å². The second-order valence-corrected chi connectivity index (χ2v) is 5.17. The van der Waals surface area contributed by atoms with E-state index in [0.717, 1.165) is 36.2 Å². The van der Waals surface area contributed by atoms with Crippen LogP contribution in [0.4, 0.5) is 11.6 Å². The zero-order valence-corrected chi connectivity index (χ0v) is 10.7. The van der Waals surface area contributed by atoms with Crippen LogP contribution in [-0.2, 0) is 0 Å². The minimum Gasteiger partial charge on any atom is -0.390 e. The Hall–Kier alpha value is -0.880. The molecule has 0 radical (unpaired) electrons. The number of piperidine rings is 1. The first-order chi connectivity index (χ1) is 7.49. The Morgan fingerprint density at radius 1 is 1.44 bits per heavy atom. The van der Waals surface area contributed by atoms with Crippen molar-refractivity contribution in [2.75, 3.05) is 23.7 Å². The first-order valence-electron chi connectivity index (χ1n) is 5.23. The lowest BCUT2D eigenvalue weighted by Gasteiger charge is -2.36. The molecule has 88 valence electrons. The summed E-state index contributed by atoms with van der Waals surface area (Å²) in [5.41, 5.74) is 5.15. The van der Waals surface area contributed by atoms with E-state index >= 15 is 0 Å². The second kappa shape index (κ2) is 4.18. The normalized spacial score (nSPS) is 19.8. The summed E-state index contributed by atoms with van der Waals surface area (Å²) in [4.78, 5) is 10.2. The molecule has 1 aromatic heterocycles. The maximum atomic E-state index is 9.87. The molecule has 5 nitrogen and oxygen atoms in total. The number of anilines is 2. The fraction of sp³-hybridized carbons (Fsp3) is 0.600. The number of nitrogen functional groups attached to an aromatic ring is 1. The number of hydrogen-bond acceptors (Lipinski definition) is 5. The zero-order chi connectivity index (χ0) is 11.8. The van der Waals surface area contributed by atoms with Crippen molar-refractivity contribution < 1.29 is 5.11 Å². The van der Waals surface area contributed by atoms with Gasteiger partial charge in [-0.15, -0.1) is 0 Å². The Balaban J connectivity index is 2.17. The maximum Gasteiger partial charge on any atom is 0.148 e. The predicted octanol–water partition coefficient (Wildman–Crippen LogP) is 1.17. The summed E-state index contributed by atoms with van der Waals surface area (Å²) in [7, 11) is 0. The molecule has 2 rings (SSSR count). The third-order valence-corrected chi connectivity index (χ3v) is 3.70. The molecule has 1 aromatic rings. The molecule has 0 saturated carbocycles. The monoisotopic (exact) mass is 286 g/mol. The Kier molecular flexibility index (Phi) is 3.03. The highest BCUT2D eigenvalue weighted by Crippen LogP contribution is 2.31. The van der Waals surface area contributed by atoms with E-state index in [0.29, 0.717) is 5.82 Å². The standard InChI is InChI=1S/C10H15BrN4O/c1-10(16)2-4-15(5-3-10)9-7(11)8(12)13-6-14-9/h6,16H,2-5H2,1H3,(H2,12,13,14). The highest BCUT2D eigenvalue weighted by molar-refractivity contribution is 9.10. The van der Waals surface area contributed by atoms with Crippen LogP contribution in [0.15, 0.2) is 10.8 Å². The minimum atomic E-state index is -0.554. The van der Waals surface area contributed by atoms with Crippen molar-refractivity contribution in [1.82, 2.24) is 9.97 Å². The van der Waals surface area contributed by atoms with Crippen LogP contribution in [0, 0.1) is 0 Å². The number of nitrogens with two attached hydrogens (primary N) is 1. The van der Waals surface area contributed by atoms with Gasteiger partial charge in [0.15, 0.2) is 0 Å². The van der Waals surface area contributed by atoms with E-state index in [2.05, 4.69) is 30.8 Å². The topological polar surface area (TPSA) is 75.3 Å². The van der Waals surface area contributed by atoms with E-state index in [4.69, 9.17) is 5.73 Å². The summed E-state index contributed by atoms with van der Waals surface area (Å²) in [6.45, 7) is 3.43. The highest BCUT2D eigenvalue weighted by atomic mass is 79.9. The molecule has 0 spiro atoms. The lowest BCUT2D eigenvalue weighted by molar-refractivity contribution is 0.0350. The second-order valence-electron chi connectivity index (χ2n) is 4.38. The van der Waals surface area contributed by atoms with Crippen molar-refractivity contribution in [3.63, 3.8) is 0 Å². The van der Waals surface area contributed by atoms with E-state index in [1.54, 1.807) is 0 Å². The van der Waals surface area contributed by atoms with Gasteiger partial charge in [0.05, 0.1) is 5.60 Å². The van der Waals surface area contributed by atoms with Crippen molar-refractivity contribution in [1.29, 1.82) is 0 Å². The number of nitrogens with zero attached hydrogens (tertiary/aromatic N) is 3. The van der Waals surface area contributed by atoms with Crippen molar-refractivity contribution in [3.8, 4) is 0 Å². The smallest absolute Gasteiger partial charge is 0.148 e. The molecular formula is C10H15BrN4O. The SMILES string of the molecule is CC1(O)CCN(c2ncnc(N)c2Br)CC1. The first-order valence-corrected chi connectivity index (χ1v) is 6.02. The van der Waals surface area contributed by atoms with Gasteiger partial charge in [-0.25, -0.2) is 9.97 Å².